The Morgan fingerprint density at radius 3 is 2.48 bits per heavy atom. The van der Waals surface area contributed by atoms with Gasteiger partial charge in [-0.3, -0.25) is 0 Å². The fourth-order valence-corrected chi connectivity index (χ4v) is 2.59. The van der Waals surface area contributed by atoms with Crippen molar-refractivity contribution in [3.05, 3.63) is 57.8 Å². The van der Waals surface area contributed by atoms with Crippen molar-refractivity contribution in [1.29, 1.82) is 0 Å². The zero-order chi connectivity index (χ0) is 15.4. The number of benzene rings is 2. The number of para-hydroxylation sites is 1. The van der Waals surface area contributed by atoms with E-state index in [-0.39, 0.29) is 11.9 Å². The molecule has 0 aliphatic carbocycles. The maximum atomic E-state index is 13.6. The highest BCUT2D eigenvalue weighted by Gasteiger charge is 2.17. The predicted octanol–water partition coefficient (Wildman–Crippen LogP) is 3.85. The van der Waals surface area contributed by atoms with Crippen molar-refractivity contribution in [3.63, 3.8) is 0 Å². The Bertz CT molecular complexity index is 634. The van der Waals surface area contributed by atoms with Crippen LogP contribution in [0.2, 0.25) is 0 Å². The summed E-state index contributed by atoms with van der Waals surface area (Å²) in [4.78, 5) is 0. The first-order chi connectivity index (χ1) is 10.1. The molecule has 3 nitrogen and oxygen atoms in total. The van der Waals surface area contributed by atoms with Gasteiger partial charge in [0.1, 0.15) is 17.3 Å². The van der Waals surface area contributed by atoms with Crippen LogP contribution in [0.25, 0.3) is 0 Å². The van der Waals surface area contributed by atoms with Crippen LogP contribution < -0.4 is 15.2 Å². The third-order valence-corrected chi connectivity index (χ3v) is 3.91. The summed E-state index contributed by atoms with van der Waals surface area (Å²) in [6.45, 7) is 0. The van der Waals surface area contributed by atoms with Gasteiger partial charge in [0.15, 0.2) is 0 Å². The molecule has 0 fully saturated rings. The lowest BCUT2D eigenvalue weighted by Gasteiger charge is -2.18. The standard InChI is InChI=1S/C16H17BrFNO2/c1-20-15-6-4-3-5-10(15)7-14(19)11-8-12(17)13(18)9-16(11)21-2/h3-6,8-9,14H,7,19H2,1-2H3. The maximum absolute atomic E-state index is 13.6. The van der Waals surface area contributed by atoms with E-state index in [9.17, 15) is 4.39 Å². The highest BCUT2D eigenvalue weighted by molar-refractivity contribution is 9.10. The van der Waals surface area contributed by atoms with Crippen LogP contribution in [0.4, 0.5) is 4.39 Å². The van der Waals surface area contributed by atoms with Gasteiger partial charge in [-0.2, -0.15) is 0 Å². The number of ether oxygens (including phenoxy) is 2. The third kappa shape index (κ3) is 3.54. The number of rotatable bonds is 5. The molecule has 2 aromatic rings. The van der Waals surface area contributed by atoms with E-state index >= 15 is 0 Å². The van der Waals surface area contributed by atoms with Gasteiger partial charge in [-0.25, -0.2) is 4.39 Å². The Morgan fingerprint density at radius 2 is 1.81 bits per heavy atom. The summed E-state index contributed by atoms with van der Waals surface area (Å²) in [5.74, 6) is 0.853. The van der Waals surface area contributed by atoms with E-state index in [0.29, 0.717) is 16.6 Å². The van der Waals surface area contributed by atoms with Gasteiger partial charge in [-0.1, -0.05) is 18.2 Å². The summed E-state index contributed by atoms with van der Waals surface area (Å²) >= 11 is 3.18. The average molecular weight is 354 g/mol. The Hall–Kier alpha value is -1.59. The first-order valence-electron chi connectivity index (χ1n) is 6.47. The third-order valence-electron chi connectivity index (χ3n) is 3.30. The quantitative estimate of drug-likeness (QED) is 0.887. The molecule has 0 aromatic heterocycles. The van der Waals surface area contributed by atoms with Gasteiger partial charge < -0.3 is 15.2 Å². The van der Waals surface area contributed by atoms with Gasteiger partial charge >= 0.3 is 0 Å². The molecule has 2 rings (SSSR count). The van der Waals surface area contributed by atoms with Crippen LogP contribution in [0.3, 0.4) is 0 Å². The highest BCUT2D eigenvalue weighted by atomic mass is 79.9. The Balaban J connectivity index is 2.32. The van der Waals surface area contributed by atoms with Gasteiger partial charge in [-0.05, 0) is 40.0 Å². The maximum Gasteiger partial charge on any atom is 0.141 e. The molecule has 2 N–H and O–H groups in total. The van der Waals surface area contributed by atoms with Crippen LogP contribution in [0, 0.1) is 5.82 Å². The lowest BCUT2D eigenvalue weighted by molar-refractivity contribution is 0.398. The predicted molar refractivity (Wildman–Crippen MR) is 84.3 cm³/mol. The van der Waals surface area contributed by atoms with Gasteiger partial charge in [0.2, 0.25) is 0 Å². The summed E-state index contributed by atoms with van der Waals surface area (Å²) in [7, 11) is 3.13. The molecular weight excluding hydrogens is 337 g/mol. The second-order valence-corrected chi connectivity index (χ2v) is 5.49. The molecule has 0 aliphatic rings. The van der Waals surface area contributed by atoms with Crippen molar-refractivity contribution in [1.82, 2.24) is 0 Å². The summed E-state index contributed by atoms with van der Waals surface area (Å²) in [5, 5.41) is 0. The Morgan fingerprint density at radius 1 is 1.14 bits per heavy atom. The molecule has 0 aliphatic heterocycles. The van der Waals surface area contributed by atoms with E-state index in [1.165, 1.54) is 13.2 Å². The number of methoxy groups -OCH3 is 2. The van der Waals surface area contributed by atoms with Crippen molar-refractivity contribution < 1.29 is 13.9 Å². The number of hydrogen-bond donors (Lipinski definition) is 1. The number of nitrogens with two attached hydrogens (primary N) is 1. The zero-order valence-corrected chi connectivity index (χ0v) is 13.5. The second kappa shape index (κ2) is 6.91. The fourth-order valence-electron chi connectivity index (χ4n) is 2.23. The van der Waals surface area contributed by atoms with Crippen LogP contribution in [-0.4, -0.2) is 14.2 Å². The molecule has 21 heavy (non-hydrogen) atoms. The molecule has 112 valence electrons. The topological polar surface area (TPSA) is 44.5 Å². The minimum Gasteiger partial charge on any atom is -0.496 e. The zero-order valence-electron chi connectivity index (χ0n) is 11.9. The van der Waals surface area contributed by atoms with Crippen LogP contribution in [0.15, 0.2) is 40.9 Å². The van der Waals surface area contributed by atoms with E-state index in [2.05, 4.69) is 15.9 Å². The van der Waals surface area contributed by atoms with Crippen LogP contribution >= 0.6 is 15.9 Å². The largest absolute Gasteiger partial charge is 0.496 e. The molecule has 0 heterocycles. The minimum atomic E-state index is -0.375. The molecule has 0 amide bonds. The van der Waals surface area contributed by atoms with Crippen molar-refractivity contribution in [3.8, 4) is 11.5 Å². The molecule has 0 saturated carbocycles. The monoisotopic (exact) mass is 353 g/mol. The first-order valence-corrected chi connectivity index (χ1v) is 7.26. The number of hydrogen-bond acceptors (Lipinski definition) is 3. The van der Waals surface area contributed by atoms with Gasteiger partial charge in [0.25, 0.3) is 0 Å². The SMILES string of the molecule is COc1ccccc1CC(N)c1cc(Br)c(F)cc1OC. The minimum absolute atomic E-state index is 0.326. The molecule has 1 unspecified atom stereocenters. The van der Waals surface area contributed by atoms with Gasteiger partial charge in [-0.15, -0.1) is 0 Å². The second-order valence-electron chi connectivity index (χ2n) is 4.63. The first kappa shape index (κ1) is 15.8. The Kier molecular flexibility index (Phi) is 5.20. The average Bonchev–Trinajstić information content (AvgIpc) is 2.50. The molecule has 0 radical (unpaired) electrons. The van der Waals surface area contributed by atoms with E-state index in [4.69, 9.17) is 15.2 Å². The number of halogens is 2. The van der Waals surface area contributed by atoms with E-state index in [1.54, 1.807) is 13.2 Å². The van der Waals surface area contributed by atoms with Crippen molar-refractivity contribution in [2.45, 2.75) is 12.5 Å². The molecular formula is C16H17BrFNO2. The van der Waals surface area contributed by atoms with E-state index < -0.39 is 0 Å². The summed E-state index contributed by atoms with van der Waals surface area (Å²) in [5.41, 5.74) is 8.01. The van der Waals surface area contributed by atoms with Crippen molar-refractivity contribution in [2.75, 3.05) is 14.2 Å². The van der Waals surface area contributed by atoms with Gasteiger partial charge in [0, 0.05) is 17.7 Å². The normalized spacial score (nSPS) is 12.0. The molecule has 0 spiro atoms. The van der Waals surface area contributed by atoms with Crippen LogP contribution in [-0.2, 0) is 6.42 Å². The molecule has 1 atom stereocenters. The van der Waals surface area contributed by atoms with Gasteiger partial charge in [0.05, 0.1) is 18.7 Å². The van der Waals surface area contributed by atoms with E-state index in [1.807, 2.05) is 24.3 Å². The summed E-state index contributed by atoms with van der Waals surface area (Å²) in [6.07, 6.45) is 0.568. The van der Waals surface area contributed by atoms with Crippen LogP contribution in [0.1, 0.15) is 17.2 Å². The summed E-state index contributed by atoms with van der Waals surface area (Å²) < 4.78 is 24.5. The Labute approximate surface area is 132 Å². The fraction of sp³-hybridized carbons (Fsp3) is 0.250. The van der Waals surface area contributed by atoms with Crippen molar-refractivity contribution >= 4 is 15.9 Å². The molecule has 5 heteroatoms. The lowest BCUT2D eigenvalue weighted by Crippen LogP contribution is -2.15. The van der Waals surface area contributed by atoms with Crippen LogP contribution in [0.5, 0.6) is 11.5 Å². The lowest BCUT2D eigenvalue weighted by atomic mass is 9.98. The highest BCUT2D eigenvalue weighted by Crippen LogP contribution is 2.32. The smallest absolute Gasteiger partial charge is 0.141 e. The molecule has 0 saturated heterocycles. The molecule has 2 aromatic carbocycles. The van der Waals surface area contributed by atoms with Crippen molar-refractivity contribution in [2.24, 2.45) is 5.73 Å². The molecule has 0 bridgehead atoms. The summed E-state index contributed by atoms with van der Waals surface area (Å²) in [6, 6.07) is 10.4. The van der Waals surface area contributed by atoms with E-state index in [0.717, 1.165) is 16.9 Å².